The fraction of sp³-hybridized carbons (Fsp3) is 0.182. The second-order valence-electron chi connectivity index (χ2n) is 3.65. The number of hydrogen-bond acceptors (Lipinski definition) is 5. The molecule has 19 heavy (non-hydrogen) atoms. The summed E-state index contributed by atoms with van der Waals surface area (Å²) in [6, 6.07) is 5.27. The summed E-state index contributed by atoms with van der Waals surface area (Å²) < 4.78 is 24.9. The standard InChI is InChI=1S/C11H10BrNO3S3/c12-7-19(15,16)13-5-9-1-2-10(18-9)11(14)8-3-4-17-6-8/h1-4,6,13H,5,7H2. The highest BCUT2D eigenvalue weighted by molar-refractivity contribution is 9.10. The van der Waals surface area contributed by atoms with Gasteiger partial charge in [0.2, 0.25) is 15.8 Å². The van der Waals surface area contributed by atoms with E-state index in [1.54, 1.807) is 23.6 Å². The van der Waals surface area contributed by atoms with Crippen LogP contribution in [0.5, 0.6) is 0 Å². The number of alkyl halides is 1. The molecule has 0 aliphatic carbocycles. The van der Waals surface area contributed by atoms with Gasteiger partial charge >= 0.3 is 0 Å². The molecule has 2 aromatic rings. The minimum absolute atomic E-state index is 0.0270. The molecule has 0 aromatic carbocycles. The maximum atomic E-state index is 12.0. The normalized spacial score (nSPS) is 11.6. The molecule has 0 fully saturated rings. The van der Waals surface area contributed by atoms with E-state index in [0.717, 1.165) is 4.88 Å². The Morgan fingerprint density at radius 1 is 1.32 bits per heavy atom. The van der Waals surface area contributed by atoms with Gasteiger partial charge in [0.25, 0.3) is 0 Å². The lowest BCUT2D eigenvalue weighted by atomic mass is 10.2. The Balaban J connectivity index is 2.06. The molecule has 0 amide bonds. The van der Waals surface area contributed by atoms with E-state index in [-0.39, 0.29) is 17.0 Å². The van der Waals surface area contributed by atoms with Crippen LogP contribution in [0, 0.1) is 0 Å². The van der Waals surface area contributed by atoms with Crippen LogP contribution >= 0.6 is 38.6 Å². The molecule has 0 saturated carbocycles. The zero-order valence-electron chi connectivity index (χ0n) is 9.63. The maximum absolute atomic E-state index is 12.0. The van der Waals surface area contributed by atoms with Crippen molar-refractivity contribution in [2.24, 2.45) is 0 Å². The summed E-state index contributed by atoms with van der Waals surface area (Å²) >= 11 is 5.68. The van der Waals surface area contributed by atoms with Gasteiger partial charge < -0.3 is 0 Å². The molecule has 0 radical (unpaired) electrons. The third-order valence-corrected chi connectivity index (χ3v) is 6.73. The number of ketones is 1. The van der Waals surface area contributed by atoms with E-state index in [0.29, 0.717) is 10.4 Å². The fourth-order valence-corrected chi connectivity index (χ4v) is 3.93. The van der Waals surface area contributed by atoms with Crippen LogP contribution < -0.4 is 4.72 Å². The lowest BCUT2D eigenvalue weighted by Crippen LogP contribution is -2.23. The van der Waals surface area contributed by atoms with Crippen molar-refractivity contribution in [3.63, 3.8) is 0 Å². The summed E-state index contributed by atoms with van der Waals surface area (Å²) in [5, 5.41) is 3.65. The van der Waals surface area contributed by atoms with Crippen LogP contribution in [0.4, 0.5) is 0 Å². The Hall–Kier alpha value is -0.540. The van der Waals surface area contributed by atoms with Crippen LogP contribution in [0.2, 0.25) is 0 Å². The first-order valence-electron chi connectivity index (χ1n) is 5.21. The third-order valence-electron chi connectivity index (χ3n) is 2.28. The summed E-state index contributed by atoms with van der Waals surface area (Å²) in [5.41, 5.74) is 0.666. The highest BCUT2D eigenvalue weighted by atomic mass is 79.9. The van der Waals surface area contributed by atoms with E-state index in [1.165, 1.54) is 22.7 Å². The summed E-state index contributed by atoms with van der Waals surface area (Å²) in [7, 11) is -3.28. The number of thiophene rings is 2. The fourth-order valence-electron chi connectivity index (χ4n) is 1.35. The highest BCUT2D eigenvalue weighted by Gasteiger charge is 2.13. The lowest BCUT2D eigenvalue weighted by molar-refractivity contribution is 0.104. The molecule has 0 atom stereocenters. The zero-order chi connectivity index (χ0) is 13.9. The van der Waals surface area contributed by atoms with E-state index in [2.05, 4.69) is 20.7 Å². The van der Waals surface area contributed by atoms with Gasteiger partial charge in [0.05, 0.1) is 4.88 Å². The second kappa shape index (κ2) is 6.27. The van der Waals surface area contributed by atoms with E-state index < -0.39 is 10.0 Å². The second-order valence-corrected chi connectivity index (χ2v) is 8.71. The number of halogens is 1. The van der Waals surface area contributed by atoms with Crippen LogP contribution in [0.1, 0.15) is 20.1 Å². The predicted octanol–water partition coefficient (Wildman–Crippen LogP) is 2.81. The Morgan fingerprint density at radius 2 is 2.11 bits per heavy atom. The smallest absolute Gasteiger partial charge is 0.221 e. The Kier molecular flexibility index (Phi) is 4.91. The van der Waals surface area contributed by atoms with Gasteiger partial charge in [-0.2, -0.15) is 11.3 Å². The quantitative estimate of drug-likeness (QED) is 0.619. The van der Waals surface area contributed by atoms with Crippen molar-refractivity contribution in [1.82, 2.24) is 4.72 Å². The summed E-state index contributed by atoms with van der Waals surface area (Å²) in [6.07, 6.45) is 0. The number of nitrogens with one attached hydrogen (secondary N) is 1. The zero-order valence-corrected chi connectivity index (χ0v) is 13.7. The Bertz CT molecular complexity index is 661. The molecule has 0 spiro atoms. The number of sulfonamides is 1. The van der Waals surface area contributed by atoms with E-state index in [9.17, 15) is 13.2 Å². The molecule has 0 aliphatic heterocycles. The first-order valence-corrected chi connectivity index (χ1v) is 9.74. The summed E-state index contributed by atoms with van der Waals surface area (Å²) in [5.74, 6) is -0.0270. The van der Waals surface area contributed by atoms with Gasteiger partial charge in [-0.1, -0.05) is 15.9 Å². The van der Waals surface area contributed by atoms with Crippen LogP contribution in [0.25, 0.3) is 0 Å². The highest BCUT2D eigenvalue weighted by Crippen LogP contribution is 2.21. The molecule has 2 heterocycles. The van der Waals surface area contributed by atoms with Crippen molar-refractivity contribution in [1.29, 1.82) is 0 Å². The predicted molar refractivity (Wildman–Crippen MR) is 81.6 cm³/mol. The largest absolute Gasteiger partial charge is 0.288 e. The van der Waals surface area contributed by atoms with Gasteiger partial charge in [-0.15, -0.1) is 11.3 Å². The summed E-state index contributed by atoms with van der Waals surface area (Å²) in [4.78, 5) is 13.5. The van der Waals surface area contributed by atoms with Crippen LogP contribution in [-0.4, -0.2) is 18.9 Å². The SMILES string of the molecule is O=C(c1ccsc1)c1ccc(CNS(=O)(=O)CBr)s1. The van der Waals surface area contributed by atoms with Crippen molar-refractivity contribution < 1.29 is 13.2 Å². The van der Waals surface area contributed by atoms with E-state index in [4.69, 9.17) is 0 Å². The summed E-state index contributed by atoms with van der Waals surface area (Å²) in [6.45, 7) is 0.204. The average Bonchev–Trinajstić information content (AvgIpc) is 3.07. The minimum atomic E-state index is -3.28. The molecular weight excluding hydrogens is 370 g/mol. The minimum Gasteiger partial charge on any atom is -0.288 e. The molecular formula is C11H10BrNO3S3. The molecule has 0 saturated heterocycles. The van der Waals surface area contributed by atoms with Crippen molar-refractivity contribution in [2.75, 3.05) is 4.66 Å². The van der Waals surface area contributed by atoms with Crippen LogP contribution in [0.15, 0.2) is 29.0 Å². The number of rotatable bonds is 6. The molecule has 1 N–H and O–H groups in total. The number of hydrogen-bond donors (Lipinski definition) is 1. The van der Waals surface area contributed by atoms with E-state index in [1.807, 2.05) is 5.38 Å². The van der Waals surface area contributed by atoms with Gasteiger partial charge in [0.1, 0.15) is 4.66 Å². The first-order chi connectivity index (χ1) is 9.02. The maximum Gasteiger partial charge on any atom is 0.221 e. The van der Waals surface area contributed by atoms with Gasteiger partial charge in [0, 0.05) is 22.4 Å². The lowest BCUT2D eigenvalue weighted by Gasteiger charge is -2.00. The molecule has 2 aromatic heterocycles. The van der Waals surface area contributed by atoms with Crippen molar-refractivity contribution in [3.05, 3.63) is 44.3 Å². The van der Waals surface area contributed by atoms with Gasteiger partial charge in [0.15, 0.2) is 0 Å². The van der Waals surface area contributed by atoms with E-state index >= 15 is 0 Å². The average molecular weight is 380 g/mol. The molecule has 2 rings (SSSR count). The van der Waals surface area contributed by atoms with Crippen molar-refractivity contribution >= 4 is 54.4 Å². The molecule has 0 bridgehead atoms. The topological polar surface area (TPSA) is 63.2 Å². The van der Waals surface area contributed by atoms with Gasteiger partial charge in [-0.25, -0.2) is 13.1 Å². The molecule has 0 unspecified atom stereocenters. The molecule has 102 valence electrons. The Morgan fingerprint density at radius 3 is 2.74 bits per heavy atom. The van der Waals surface area contributed by atoms with Gasteiger partial charge in [-0.05, 0) is 23.6 Å². The van der Waals surface area contributed by atoms with Crippen LogP contribution in [0.3, 0.4) is 0 Å². The van der Waals surface area contributed by atoms with Crippen molar-refractivity contribution in [2.45, 2.75) is 6.54 Å². The number of carbonyl (C=O) groups excluding carboxylic acids is 1. The van der Waals surface area contributed by atoms with Crippen LogP contribution in [-0.2, 0) is 16.6 Å². The number of carbonyl (C=O) groups is 1. The molecule has 0 aliphatic rings. The molecule has 4 nitrogen and oxygen atoms in total. The Labute approximate surface area is 127 Å². The monoisotopic (exact) mass is 379 g/mol. The first kappa shape index (κ1) is 14.9. The third kappa shape index (κ3) is 3.96. The van der Waals surface area contributed by atoms with Crippen molar-refractivity contribution in [3.8, 4) is 0 Å². The molecule has 8 heteroatoms. The van der Waals surface area contributed by atoms with Gasteiger partial charge in [-0.3, -0.25) is 4.79 Å².